The summed E-state index contributed by atoms with van der Waals surface area (Å²) in [6.07, 6.45) is 1.93. The Balaban J connectivity index is 0.000000192. The van der Waals surface area contributed by atoms with Crippen LogP contribution < -0.4 is 31.6 Å². The number of hydrogen-bond acceptors (Lipinski definition) is 20. The number of amides is 9. The van der Waals surface area contributed by atoms with Crippen molar-refractivity contribution in [2.24, 2.45) is 11.5 Å². The van der Waals surface area contributed by atoms with Gasteiger partial charge >= 0.3 is 24.1 Å². The molecular weight excluding hydrogens is 1260 g/mol. The largest absolute Gasteiger partial charge is 0.508 e. The third kappa shape index (κ3) is 21.7. The Kier molecular flexibility index (Phi) is 24.4. The van der Waals surface area contributed by atoms with E-state index in [1.807, 2.05) is 53.7 Å². The number of carbonyl (C=O) groups is 11. The lowest BCUT2D eigenvalue weighted by Gasteiger charge is -2.29. The number of nitrogens with two attached hydrogens (primary N) is 2. The maximum absolute atomic E-state index is 13.0. The SMILES string of the molecule is CC(C)(C)OC(=O)CCC(C(N)=O)N1Cc2cc(O)ccc2C1=O.CC(C)(C)OC(=O)CCC(C(N)=O)N1Cc2cc(O[C@@H]3CCN(C(=O)OC(C)(C)C)C3)ccc2C1=O.CC(C)(C)OC(=O)N1CC[C@H](O)C1.O=C1CCC(N2Cc3cc(O[C@@H]4CCNC4)ccc3C2=O)C(=O)N1. The molecule has 3 aromatic rings. The number of β-amino-alcohol motifs (C(OH)–C–C–N with tert-alkyl or cyclic N) is 1. The number of piperidine rings is 1. The first kappa shape index (κ1) is 75.3. The van der Waals surface area contributed by atoms with Crippen LogP contribution in [0, 0.1) is 0 Å². The quantitative estimate of drug-likeness (QED) is 0.0621. The Bertz CT molecular complexity index is 3450. The number of imide groups is 1. The van der Waals surface area contributed by atoms with E-state index in [0.717, 1.165) is 30.8 Å². The van der Waals surface area contributed by atoms with Gasteiger partial charge in [-0.25, -0.2) is 9.59 Å². The number of ether oxygens (including phenoxy) is 6. The fourth-order valence-electron chi connectivity index (χ4n) is 11.7. The van der Waals surface area contributed by atoms with Crippen molar-refractivity contribution in [3.8, 4) is 17.2 Å². The molecule has 9 amide bonds. The van der Waals surface area contributed by atoms with Gasteiger partial charge in [0, 0.05) is 88.2 Å². The van der Waals surface area contributed by atoms with Crippen molar-refractivity contribution in [3.05, 3.63) is 88.0 Å². The molecule has 0 saturated carbocycles. The Hall–Kier alpha value is -9.05. The molecule has 0 spiro atoms. The van der Waals surface area contributed by atoms with Gasteiger partial charge in [0.1, 0.15) is 70.0 Å². The van der Waals surface area contributed by atoms with Gasteiger partial charge < -0.3 is 79.9 Å². The average Bonchev–Trinajstić information content (AvgIpc) is 1.66. The monoisotopic (exact) mass is 1350 g/mol. The third-order valence-corrected chi connectivity index (χ3v) is 16.0. The van der Waals surface area contributed by atoms with Crippen LogP contribution in [0.2, 0.25) is 0 Å². The Morgan fingerprint density at radius 1 is 0.557 bits per heavy atom. The predicted molar refractivity (Wildman–Crippen MR) is 350 cm³/mol. The number of phenols is 1. The number of rotatable bonds is 15. The second kappa shape index (κ2) is 31.4. The van der Waals surface area contributed by atoms with E-state index < -0.39 is 64.3 Å². The molecule has 7 aliphatic rings. The number of fused-ring (bicyclic) bond motifs is 3. The molecule has 4 saturated heterocycles. The minimum absolute atomic E-state index is 0.0176. The summed E-state index contributed by atoms with van der Waals surface area (Å²) < 4.78 is 33.1. The molecule has 0 aliphatic carbocycles. The van der Waals surface area contributed by atoms with E-state index in [-0.39, 0.29) is 111 Å². The van der Waals surface area contributed by atoms with E-state index in [1.165, 1.54) is 32.9 Å². The van der Waals surface area contributed by atoms with Crippen LogP contribution in [0.5, 0.6) is 17.2 Å². The second-order valence-electron chi connectivity index (χ2n) is 28.9. The first-order valence-electron chi connectivity index (χ1n) is 32.8. The standard InChI is InChI=1S/C26H37N3O7.C17H19N3O4.C17H22N2O5.C9H17NO3/c1-25(2,3)35-21(30)10-9-20(22(27)31)29-14-16-13-17(7-8-19(16)23(29)32)34-18-11-12-28(15-18)24(33)36-26(4,5)6;21-15-4-3-14(16(22)19-15)20-9-10-7-11(1-2-13(10)17(20)23)24-12-5-6-18-8-12;1-17(2,3)24-14(21)7-6-13(15(18)22)19-9-10-8-11(20)4-5-12(10)16(19)23;1-9(2,3)13-8(12)10-5-4-7(11)6-10/h7-8,13,18,20H,9-12,14-15H2,1-6H3,(H2,27,31);1-2,7,12,14,18H,3-6,8-9H2,(H,19,21,22);4-5,8,13,20H,6-7,9H2,1-3H3,(H2,18,22);7,11H,4-6H2,1-3H3/t18-,20?;12-,14?;;7-/m11.0/s1. The number of likely N-dealkylation sites (tertiary alicyclic amines) is 2. The Morgan fingerprint density at radius 3 is 1.46 bits per heavy atom. The molecule has 7 aliphatic heterocycles. The maximum Gasteiger partial charge on any atom is 0.410 e. The Labute approximate surface area is 565 Å². The molecule has 10 rings (SSSR count). The van der Waals surface area contributed by atoms with Crippen molar-refractivity contribution in [2.45, 2.75) is 219 Å². The van der Waals surface area contributed by atoms with E-state index in [1.54, 1.807) is 75.6 Å². The first-order valence-corrected chi connectivity index (χ1v) is 32.8. The van der Waals surface area contributed by atoms with Crippen LogP contribution in [0.15, 0.2) is 54.6 Å². The minimum atomic E-state index is -0.931. The zero-order valence-corrected chi connectivity index (χ0v) is 57.6. The lowest BCUT2D eigenvalue weighted by atomic mass is 10.0. The summed E-state index contributed by atoms with van der Waals surface area (Å²) in [5.41, 5.74) is 12.4. The number of primary amides is 2. The lowest BCUT2D eigenvalue weighted by Crippen LogP contribution is -2.52. The molecule has 28 nitrogen and oxygen atoms in total. The molecule has 3 unspecified atom stereocenters. The summed E-state index contributed by atoms with van der Waals surface area (Å²) in [4.78, 5) is 140. The summed E-state index contributed by atoms with van der Waals surface area (Å²) in [5.74, 6) is -2.36. The van der Waals surface area contributed by atoms with Gasteiger partial charge in [-0.3, -0.25) is 48.5 Å². The number of hydrogen-bond donors (Lipinski definition) is 6. The molecule has 3 aromatic carbocycles. The number of aliphatic hydroxyl groups is 1. The number of esters is 2. The number of carbonyl (C=O) groups excluding carboxylic acids is 11. The van der Waals surface area contributed by atoms with Gasteiger partial charge in [-0.15, -0.1) is 0 Å². The molecule has 97 heavy (non-hydrogen) atoms. The first-order chi connectivity index (χ1) is 45.2. The van der Waals surface area contributed by atoms with Crippen molar-refractivity contribution < 1.29 is 91.4 Å². The van der Waals surface area contributed by atoms with Gasteiger partial charge in [0.05, 0.1) is 12.6 Å². The van der Waals surface area contributed by atoms with Gasteiger partial charge in [0.25, 0.3) is 17.7 Å². The molecule has 0 radical (unpaired) electrons. The normalized spacial score (nSPS) is 20.3. The number of phenolic OH excluding ortho intramolecular Hbond substituents is 1. The van der Waals surface area contributed by atoms with Crippen LogP contribution in [-0.2, 0) is 67.3 Å². The summed E-state index contributed by atoms with van der Waals surface area (Å²) in [6.45, 7) is 26.0. The van der Waals surface area contributed by atoms with E-state index in [9.17, 15) is 63.0 Å². The molecule has 4 fully saturated rings. The topological polar surface area (TPSA) is 376 Å². The van der Waals surface area contributed by atoms with Crippen molar-refractivity contribution in [1.29, 1.82) is 0 Å². The van der Waals surface area contributed by atoms with Crippen molar-refractivity contribution in [2.75, 3.05) is 39.3 Å². The van der Waals surface area contributed by atoms with E-state index in [4.69, 9.17) is 39.9 Å². The van der Waals surface area contributed by atoms with Crippen LogP contribution in [0.3, 0.4) is 0 Å². The van der Waals surface area contributed by atoms with E-state index in [0.29, 0.717) is 85.6 Å². The molecule has 6 atom stereocenters. The highest BCUT2D eigenvalue weighted by Gasteiger charge is 2.42. The van der Waals surface area contributed by atoms with Gasteiger partial charge in [0.15, 0.2) is 0 Å². The summed E-state index contributed by atoms with van der Waals surface area (Å²) in [5, 5.41) is 24.3. The fourth-order valence-corrected chi connectivity index (χ4v) is 11.7. The maximum atomic E-state index is 13.0. The number of nitrogens with one attached hydrogen (secondary N) is 2. The predicted octanol–water partition coefficient (Wildman–Crippen LogP) is 5.51. The van der Waals surface area contributed by atoms with Crippen LogP contribution in [0.25, 0.3) is 0 Å². The molecule has 7 heterocycles. The van der Waals surface area contributed by atoms with Crippen LogP contribution >= 0.6 is 0 Å². The fraction of sp³-hybridized carbons (Fsp3) is 0.580. The Morgan fingerprint density at radius 2 is 1.01 bits per heavy atom. The molecule has 530 valence electrons. The van der Waals surface area contributed by atoms with Crippen molar-refractivity contribution in [3.63, 3.8) is 0 Å². The summed E-state index contributed by atoms with van der Waals surface area (Å²) >= 11 is 0. The summed E-state index contributed by atoms with van der Waals surface area (Å²) in [7, 11) is 0. The van der Waals surface area contributed by atoms with Gasteiger partial charge in [-0.1, -0.05) is 0 Å². The second-order valence-corrected chi connectivity index (χ2v) is 28.9. The molecule has 28 heteroatoms. The zero-order chi connectivity index (χ0) is 71.6. The van der Waals surface area contributed by atoms with Gasteiger partial charge in [-0.2, -0.15) is 0 Å². The number of aliphatic hydroxyl groups excluding tert-OH is 1. The smallest absolute Gasteiger partial charge is 0.410 e. The summed E-state index contributed by atoms with van der Waals surface area (Å²) in [6, 6.07) is 12.6. The molecule has 0 bridgehead atoms. The van der Waals surface area contributed by atoms with E-state index >= 15 is 0 Å². The highest BCUT2D eigenvalue weighted by molar-refractivity contribution is 6.06. The van der Waals surface area contributed by atoms with Crippen LogP contribution in [0.1, 0.15) is 189 Å². The average molecular weight is 1350 g/mol. The van der Waals surface area contributed by atoms with Gasteiger partial charge in [-0.05, 0) is 193 Å². The van der Waals surface area contributed by atoms with Gasteiger partial charge in [0.2, 0.25) is 23.6 Å². The zero-order valence-electron chi connectivity index (χ0n) is 57.6. The van der Waals surface area contributed by atoms with Crippen molar-refractivity contribution >= 4 is 65.5 Å². The molecule has 8 N–H and O–H groups in total. The number of aromatic hydroxyl groups is 1. The number of nitrogens with zero attached hydrogens (tertiary/aromatic N) is 5. The van der Waals surface area contributed by atoms with E-state index in [2.05, 4.69) is 10.6 Å². The highest BCUT2D eigenvalue weighted by Crippen LogP contribution is 2.34. The van der Waals surface area contributed by atoms with Crippen molar-refractivity contribution in [1.82, 2.24) is 35.1 Å². The highest BCUT2D eigenvalue weighted by atomic mass is 16.6. The van der Waals surface area contributed by atoms with Crippen LogP contribution in [0.4, 0.5) is 9.59 Å². The van der Waals surface area contributed by atoms with Crippen LogP contribution in [-0.4, -0.2) is 198 Å². The molecule has 0 aromatic heterocycles. The minimum Gasteiger partial charge on any atom is -0.508 e. The molecular formula is C69H95N9O19. The lowest BCUT2D eigenvalue weighted by molar-refractivity contribution is -0.156. The third-order valence-electron chi connectivity index (χ3n) is 16.0. The number of benzene rings is 3.